The molecule has 1 aromatic heterocycles. The normalized spacial score (nSPS) is 11.5. The second-order valence-corrected chi connectivity index (χ2v) is 8.59. The Morgan fingerprint density at radius 2 is 1.81 bits per heavy atom. The lowest BCUT2D eigenvalue weighted by molar-refractivity contribution is 0.0952. The van der Waals surface area contributed by atoms with Crippen molar-refractivity contribution >= 4 is 26.6 Å². The summed E-state index contributed by atoms with van der Waals surface area (Å²) in [4.78, 5) is 15.7. The molecule has 6 nitrogen and oxygen atoms in total. The molecule has 0 atom stereocenters. The minimum absolute atomic E-state index is 0.0283. The van der Waals surface area contributed by atoms with Crippen LogP contribution in [0.15, 0.2) is 47.4 Å². The summed E-state index contributed by atoms with van der Waals surface area (Å²) in [5.74, 6) is 0.0865. The minimum Gasteiger partial charge on any atom is -0.497 e. The third-order valence-electron chi connectivity index (χ3n) is 4.41. The van der Waals surface area contributed by atoms with Gasteiger partial charge in [-0.25, -0.2) is 8.42 Å². The molecule has 0 saturated carbocycles. The number of rotatable bonds is 6. The number of hydrogen-bond donors (Lipinski definition) is 2. The highest BCUT2D eigenvalue weighted by atomic mass is 32.2. The second kappa shape index (κ2) is 7.44. The van der Waals surface area contributed by atoms with Gasteiger partial charge in [-0.1, -0.05) is 6.07 Å². The zero-order valence-corrected chi connectivity index (χ0v) is 16.3. The Hall–Kier alpha value is -2.80. The van der Waals surface area contributed by atoms with Crippen molar-refractivity contribution in [2.75, 3.05) is 19.4 Å². The SMILES string of the molecule is COc1ccc(S(=O)(=O)CCNC(=O)c2cc3c(C)cc(C)cc3[nH]2)cc1. The highest BCUT2D eigenvalue weighted by Crippen LogP contribution is 2.21. The van der Waals surface area contributed by atoms with Gasteiger partial charge in [0.1, 0.15) is 11.4 Å². The van der Waals surface area contributed by atoms with E-state index in [2.05, 4.69) is 16.4 Å². The smallest absolute Gasteiger partial charge is 0.267 e. The maximum Gasteiger partial charge on any atom is 0.267 e. The Morgan fingerprint density at radius 1 is 1.11 bits per heavy atom. The fraction of sp³-hybridized carbons (Fsp3) is 0.250. The Labute approximate surface area is 158 Å². The maximum absolute atomic E-state index is 12.4. The van der Waals surface area contributed by atoms with Crippen molar-refractivity contribution in [1.82, 2.24) is 10.3 Å². The van der Waals surface area contributed by atoms with E-state index in [1.807, 2.05) is 19.9 Å². The molecule has 142 valence electrons. The molecule has 0 spiro atoms. The average Bonchev–Trinajstić information content (AvgIpc) is 3.06. The van der Waals surface area contributed by atoms with Gasteiger partial charge < -0.3 is 15.0 Å². The van der Waals surface area contributed by atoms with Crippen LogP contribution in [0.2, 0.25) is 0 Å². The number of hydrogen-bond acceptors (Lipinski definition) is 4. The van der Waals surface area contributed by atoms with E-state index in [0.29, 0.717) is 11.4 Å². The number of benzene rings is 2. The zero-order valence-electron chi connectivity index (χ0n) is 15.5. The van der Waals surface area contributed by atoms with Crippen LogP contribution >= 0.6 is 0 Å². The Kier molecular flexibility index (Phi) is 5.23. The molecule has 1 heterocycles. The maximum atomic E-state index is 12.4. The van der Waals surface area contributed by atoms with Gasteiger partial charge in [0.25, 0.3) is 5.91 Å². The van der Waals surface area contributed by atoms with Crippen LogP contribution in [-0.4, -0.2) is 38.7 Å². The third-order valence-corrected chi connectivity index (χ3v) is 6.14. The molecule has 0 aliphatic rings. The number of H-pyrrole nitrogens is 1. The van der Waals surface area contributed by atoms with Crippen molar-refractivity contribution in [1.29, 1.82) is 0 Å². The van der Waals surface area contributed by atoms with Crippen LogP contribution in [0.25, 0.3) is 10.9 Å². The number of aromatic nitrogens is 1. The number of fused-ring (bicyclic) bond motifs is 1. The number of amides is 1. The third kappa shape index (κ3) is 4.14. The van der Waals surface area contributed by atoms with Crippen LogP contribution in [0.5, 0.6) is 5.75 Å². The molecule has 3 rings (SSSR count). The lowest BCUT2D eigenvalue weighted by Crippen LogP contribution is -2.29. The van der Waals surface area contributed by atoms with Crippen LogP contribution in [0, 0.1) is 13.8 Å². The molecular formula is C20H22N2O4S. The topological polar surface area (TPSA) is 88.3 Å². The summed E-state index contributed by atoms with van der Waals surface area (Å²) in [6.45, 7) is 4.02. The first-order valence-corrected chi connectivity index (χ1v) is 10.2. The monoisotopic (exact) mass is 386 g/mol. The number of carbonyl (C=O) groups is 1. The first-order valence-electron chi connectivity index (χ1n) is 8.55. The summed E-state index contributed by atoms with van der Waals surface area (Å²) >= 11 is 0. The molecule has 0 unspecified atom stereocenters. The fourth-order valence-corrected chi connectivity index (χ4v) is 4.17. The lowest BCUT2D eigenvalue weighted by Gasteiger charge is -2.07. The van der Waals surface area contributed by atoms with Crippen LogP contribution in [0.4, 0.5) is 0 Å². The van der Waals surface area contributed by atoms with Gasteiger partial charge in [-0.3, -0.25) is 4.79 Å². The van der Waals surface area contributed by atoms with Gasteiger partial charge in [0.15, 0.2) is 9.84 Å². The molecule has 0 bridgehead atoms. The number of nitrogens with one attached hydrogen (secondary N) is 2. The first kappa shape index (κ1) is 19.0. The second-order valence-electron chi connectivity index (χ2n) is 6.48. The van der Waals surface area contributed by atoms with E-state index in [-0.39, 0.29) is 23.1 Å². The molecule has 2 aromatic carbocycles. The lowest BCUT2D eigenvalue weighted by atomic mass is 10.1. The highest BCUT2D eigenvalue weighted by Gasteiger charge is 2.16. The van der Waals surface area contributed by atoms with Crippen LogP contribution in [-0.2, 0) is 9.84 Å². The van der Waals surface area contributed by atoms with E-state index in [4.69, 9.17) is 4.74 Å². The molecule has 7 heteroatoms. The zero-order chi connectivity index (χ0) is 19.6. The van der Waals surface area contributed by atoms with Crippen molar-refractivity contribution in [3.8, 4) is 5.75 Å². The minimum atomic E-state index is -3.48. The quantitative estimate of drug-likeness (QED) is 0.682. The number of methoxy groups -OCH3 is 1. The van der Waals surface area contributed by atoms with E-state index < -0.39 is 9.84 Å². The molecule has 27 heavy (non-hydrogen) atoms. The fourth-order valence-electron chi connectivity index (χ4n) is 3.02. The van der Waals surface area contributed by atoms with Crippen LogP contribution in [0.3, 0.4) is 0 Å². The van der Waals surface area contributed by atoms with Gasteiger partial charge in [-0.15, -0.1) is 0 Å². The number of carbonyl (C=O) groups excluding carboxylic acids is 1. The number of sulfone groups is 1. The largest absolute Gasteiger partial charge is 0.497 e. The summed E-state index contributed by atoms with van der Waals surface area (Å²) in [6, 6.07) is 12.0. The first-order chi connectivity index (χ1) is 12.8. The van der Waals surface area contributed by atoms with Crippen LogP contribution in [0.1, 0.15) is 21.6 Å². The predicted molar refractivity (Wildman–Crippen MR) is 105 cm³/mol. The molecule has 3 aromatic rings. The molecule has 0 aliphatic heterocycles. The number of aryl methyl sites for hydroxylation is 2. The standard InChI is InChI=1S/C20H22N2O4S/c1-13-10-14(2)17-12-19(22-18(17)11-13)20(23)21-8-9-27(24,25)16-6-4-15(26-3)5-7-16/h4-7,10-12,22H,8-9H2,1-3H3,(H,21,23). The predicted octanol–water partition coefficient (Wildman–Crippen LogP) is 3.00. The number of ether oxygens (including phenoxy) is 1. The molecule has 0 fully saturated rings. The van der Waals surface area contributed by atoms with Gasteiger partial charge >= 0.3 is 0 Å². The summed E-state index contributed by atoms with van der Waals surface area (Å²) in [5, 5.41) is 3.65. The van der Waals surface area contributed by atoms with Gasteiger partial charge in [-0.2, -0.15) is 0 Å². The number of aromatic amines is 1. The van der Waals surface area contributed by atoms with E-state index in [1.54, 1.807) is 18.2 Å². The van der Waals surface area contributed by atoms with Gasteiger partial charge in [0, 0.05) is 17.4 Å². The Morgan fingerprint density at radius 3 is 2.48 bits per heavy atom. The Bertz CT molecular complexity index is 1080. The average molecular weight is 386 g/mol. The van der Waals surface area contributed by atoms with E-state index >= 15 is 0 Å². The molecular weight excluding hydrogens is 364 g/mol. The van der Waals surface area contributed by atoms with E-state index in [9.17, 15) is 13.2 Å². The molecule has 0 radical (unpaired) electrons. The summed E-state index contributed by atoms with van der Waals surface area (Å²) in [7, 11) is -1.96. The summed E-state index contributed by atoms with van der Waals surface area (Å²) < 4.78 is 29.8. The van der Waals surface area contributed by atoms with Crippen molar-refractivity contribution in [2.45, 2.75) is 18.7 Å². The highest BCUT2D eigenvalue weighted by molar-refractivity contribution is 7.91. The van der Waals surface area contributed by atoms with E-state index in [0.717, 1.165) is 22.0 Å². The van der Waals surface area contributed by atoms with Gasteiger partial charge in [-0.05, 0) is 61.4 Å². The van der Waals surface area contributed by atoms with Crippen molar-refractivity contribution in [2.24, 2.45) is 0 Å². The molecule has 1 amide bonds. The van der Waals surface area contributed by atoms with Crippen molar-refractivity contribution in [3.05, 3.63) is 59.3 Å². The van der Waals surface area contributed by atoms with Crippen molar-refractivity contribution < 1.29 is 17.9 Å². The summed E-state index contributed by atoms with van der Waals surface area (Å²) in [6.07, 6.45) is 0. The van der Waals surface area contributed by atoms with Gasteiger partial charge in [0.2, 0.25) is 0 Å². The van der Waals surface area contributed by atoms with Gasteiger partial charge in [0.05, 0.1) is 17.8 Å². The molecule has 2 N–H and O–H groups in total. The van der Waals surface area contributed by atoms with Crippen LogP contribution < -0.4 is 10.1 Å². The molecule has 0 saturated heterocycles. The Balaban J connectivity index is 1.66. The van der Waals surface area contributed by atoms with Crippen molar-refractivity contribution in [3.63, 3.8) is 0 Å². The molecule has 0 aliphatic carbocycles. The summed E-state index contributed by atoms with van der Waals surface area (Å²) in [5.41, 5.74) is 3.51. The van der Waals surface area contributed by atoms with E-state index in [1.165, 1.54) is 19.2 Å².